The number of anilines is 1. The molecule has 1 heterocycles. The molecule has 0 saturated carbocycles. The fraction of sp³-hybridized carbons (Fsp3) is 0.357. The first-order chi connectivity index (χ1) is 10.5. The molecular weight excluding hydrogens is 302 g/mol. The number of nitrogens with zero attached hydrogens (tertiary/aromatic N) is 4. The van der Waals surface area contributed by atoms with Gasteiger partial charge in [0.15, 0.2) is 0 Å². The molecule has 0 radical (unpaired) electrons. The van der Waals surface area contributed by atoms with Crippen molar-refractivity contribution in [1.29, 1.82) is 0 Å². The van der Waals surface area contributed by atoms with Crippen molar-refractivity contribution >= 4 is 23.9 Å². The zero-order valence-electron chi connectivity index (χ0n) is 12.7. The number of hydrogen-bond donors (Lipinski definition) is 1. The Morgan fingerprint density at radius 1 is 1.32 bits per heavy atom. The molecule has 0 unspecified atom stereocenters. The van der Waals surface area contributed by atoms with Gasteiger partial charge in [0.25, 0.3) is 5.69 Å². The van der Waals surface area contributed by atoms with E-state index in [9.17, 15) is 10.1 Å². The number of nitro groups is 1. The maximum Gasteiger partial charge on any atom is 0.270 e. The van der Waals surface area contributed by atoms with Crippen molar-refractivity contribution < 1.29 is 4.92 Å². The highest BCUT2D eigenvalue weighted by Crippen LogP contribution is 2.27. The molecule has 0 aliphatic heterocycles. The lowest BCUT2D eigenvalue weighted by molar-refractivity contribution is -0.385. The Bertz CT molecular complexity index is 747. The van der Waals surface area contributed by atoms with Crippen molar-refractivity contribution in [2.24, 2.45) is 0 Å². The average molecular weight is 319 g/mol. The van der Waals surface area contributed by atoms with Gasteiger partial charge in [0.2, 0.25) is 10.7 Å². The highest BCUT2D eigenvalue weighted by atomic mass is 32.1. The van der Waals surface area contributed by atoms with Crippen molar-refractivity contribution in [3.63, 3.8) is 0 Å². The summed E-state index contributed by atoms with van der Waals surface area (Å²) in [5.41, 5.74) is 2.63. The Morgan fingerprint density at radius 2 is 1.91 bits per heavy atom. The predicted octanol–water partition coefficient (Wildman–Crippen LogP) is 3.07. The van der Waals surface area contributed by atoms with Crippen LogP contribution >= 0.6 is 12.2 Å². The van der Waals surface area contributed by atoms with Crippen LogP contribution in [0.2, 0.25) is 0 Å². The number of nitrogens with one attached hydrogen (secondary N) is 1. The van der Waals surface area contributed by atoms with Crippen molar-refractivity contribution in [1.82, 2.24) is 14.5 Å². The van der Waals surface area contributed by atoms with E-state index in [2.05, 4.69) is 15.3 Å². The molecule has 22 heavy (non-hydrogen) atoms. The minimum atomic E-state index is -0.373. The molecule has 0 amide bonds. The molecule has 0 fully saturated rings. The summed E-state index contributed by atoms with van der Waals surface area (Å²) in [4.78, 5) is 19.1. The van der Waals surface area contributed by atoms with Gasteiger partial charge in [0, 0.05) is 19.2 Å². The summed E-state index contributed by atoms with van der Waals surface area (Å²) >= 11 is 5.33. The minimum Gasteiger partial charge on any atom is -0.357 e. The number of aromatic nitrogens is 3. The lowest BCUT2D eigenvalue weighted by atomic mass is 10.0. The minimum absolute atomic E-state index is 0.0942. The van der Waals surface area contributed by atoms with Crippen LogP contribution in [-0.2, 0) is 12.8 Å². The fourth-order valence-corrected chi connectivity index (χ4v) is 2.53. The molecule has 1 aromatic carbocycles. The summed E-state index contributed by atoms with van der Waals surface area (Å²) < 4.78 is 2.06. The third-order valence-corrected chi connectivity index (χ3v) is 3.68. The van der Waals surface area contributed by atoms with Gasteiger partial charge in [0.05, 0.1) is 10.6 Å². The molecule has 0 spiro atoms. The van der Waals surface area contributed by atoms with E-state index in [-0.39, 0.29) is 10.6 Å². The summed E-state index contributed by atoms with van der Waals surface area (Å²) in [5, 5.41) is 13.9. The average Bonchev–Trinajstić information content (AvgIpc) is 2.53. The van der Waals surface area contributed by atoms with Gasteiger partial charge in [-0.3, -0.25) is 14.7 Å². The predicted molar refractivity (Wildman–Crippen MR) is 87.2 cm³/mol. The van der Waals surface area contributed by atoms with Gasteiger partial charge < -0.3 is 5.32 Å². The van der Waals surface area contributed by atoms with Crippen LogP contribution in [0.4, 0.5) is 11.6 Å². The van der Waals surface area contributed by atoms with E-state index in [0.29, 0.717) is 23.6 Å². The number of nitro benzene ring substituents is 1. The summed E-state index contributed by atoms with van der Waals surface area (Å²) in [7, 11) is 1.72. The van der Waals surface area contributed by atoms with Gasteiger partial charge in [-0.25, -0.2) is 4.98 Å². The van der Waals surface area contributed by atoms with Crippen LogP contribution in [0.1, 0.15) is 25.0 Å². The molecule has 2 rings (SSSR count). The first-order valence-electron chi connectivity index (χ1n) is 6.95. The van der Waals surface area contributed by atoms with Crippen molar-refractivity contribution in [2.45, 2.75) is 26.7 Å². The highest BCUT2D eigenvalue weighted by molar-refractivity contribution is 7.71. The maximum atomic E-state index is 11.1. The third kappa shape index (κ3) is 2.96. The van der Waals surface area contributed by atoms with Crippen molar-refractivity contribution in [3.8, 4) is 5.69 Å². The second-order valence-electron chi connectivity index (χ2n) is 4.66. The first kappa shape index (κ1) is 16.0. The molecule has 1 N–H and O–H groups in total. The van der Waals surface area contributed by atoms with Crippen LogP contribution in [0, 0.1) is 14.9 Å². The Morgan fingerprint density at radius 3 is 2.32 bits per heavy atom. The van der Waals surface area contributed by atoms with E-state index in [4.69, 9.17) is 12.2 Å². The van der Waals surface area contributed by atoms with Crippen molar-refractivity contribution in [2.75, 3.05) is 12.4 Å². The summed E-state index contributed by atoms with van der Waals surface area (Å²) in [6, 6.07) is 3.17. The Balaban J connectivity index is 2.73. The third-order valence-electron chi connectivity index (χ3n) is 3.39. The molecular formula is C14H17N5O2S. The molecule has 0 bridgehead atoms. The standard InChI is InChI=1S/C14H17N5O2S/c1-4-9-6-11(19(20)21)7-10(5-2)12(9)18-8-16-13(15-3)17-14(18)22/h6-8H,4-5H2,1-3H3,(H,15,17,22). The Kier molecular flexibility index (Phi) is 4.81. The summed E-state index contributed by atoms with van der Waals surface area (Å²) in [6.45, 7) is 3.91. The molecule has 8 heteroatoms. The van der Waals surface area contributed by atoms with E-state index in [1.807, 2.05) is 13.8 Å². The topological polar surface area (TPSA) is 85.9 Å². The van der Waals surface area contributed by atoms with Crippen LogP contribution in [0.25, 0.3) is 5.69 Å². The zero-order chi connectivity index (χ0) is 16.3. The van der Waals surface area contributed by atoms with Gasteiger partial charge in [-0.2, -0.15) is 4.98 Å². The quantitative estimate of drug-likeness (QED) is 0.518. The van der Waals surface area contributed by atoms with E-state index < -0.39 is 0 Å². The lowest BCUT2D eigenvalue weighted by Gasteiger charge is -2.15. The second-order valence-corrected chi connectivity index (χ2v) is 5.02. The molecule has 0 saturated heterocycles. The fourth-order valence-electron chi connectivity index (χ4n) is 2.30. The molecule has 0 aliphatic rings. The van der Waals surface area contributed by atoms with Gasteiger partial charge in [-0.05, 0) is 36.2 Å². The summed E-state index contributed by atoms with van der Waals surface area (Å²) in [6.07, 6.45) is 2.90. The molecule has 2 aromatic rings. The van der Waals surface area contributed by atoms with Crippen LogP contribution in [0.5, 0.6) is 0 Å². The van der Waals surface area contributed by atoms with E-state index in [1.165, 1.54) is 0 Å². The van der Waals surface area contributed by atoms with E-state index in [0.717, 1.165) is 16.8 Å². The number of aryl methyl sites for hydroxylation is 2. The largest absolute Gasteiger partial charge is 0.357 e. The molecule has 0 atom stereocenters. The molecule has 7 nitrogen and oxygen atoms in total. The summed E-state index contributed by atoms with van der Waals surface area (Å²) in [5.74, 6) is 0.444. The van der Waals surface area contributed by atoms with Crippen LogP contribution in [-0.4, -0.2) is 26.5 Å². The number of benzene rings is 1. The van der Waals surface area contributed by atoms with Gasteiger partial charge >= 0.3 is 0 Å². The molecule has 0 aliphatic carbocycles. The van der Waals surface area contributed by atoms with Gasteiger partial charge in [0.1, 0.15) is 6.33 Å². The molecule has 116 valence electrons. The maximum absolute atomic E-state index is 11.1. The van der Waals surface area contributed by atoms with Crippen LogP contribution in [0.15, 0.2) is 18.5 Å². The Hall–Kier alpha value is -2.35. The number of non-ortho nitro benzene ring substituents is 1. The normalized spacial score (nSPS) is 10.5. The zero-order valence-corrected chi connectivity index (χ0v) is 13.5. The van der Waals surface area contributed by atoms with Gasteiger partial charge in [-0.15, -0.1) is 0 Å². The lowest BCUT2D eigenvalue weighted by Crippen LogP contribution is -2.10. The Labute approximate surface area is 133 Å². The van der Waals surface area contributed by atoms with Crippen LogP contribution in [0.3, 0.4) is 0 Å². The number of hydrogen-bond acceptors (Lipinski definition) is 6. The molecule has 1 aromatic heterocycles. The first-order valence-corrected chi connectivity index (χ1v) is 7.36. The SMILES string of the molecule is CCc1cc([N+](=O)[O-])cc(CC)c1-n1cnc(NC)nc1=S. The second kappa shape index (κ2) is 6.61. The van der Waals surface area contributed by atoms with E-state index >= 15 is 0 Å². The smallest absolute Gasteiger partial charge is 0.270 e. The van der Waals surface area contributed by atoms with E-state index in [1.54, 1.807) is 30.1 Å². The van der Waals surface area contributed by atoms with Gasteiger partial charge in [-0.1, -0.05) is 13.8 Å². The highest BCUT2D eigenvalue weighted by Gasteiger charge is 2.17. The van der Waals surface area contributed by atoms with Crippen molar-refractivity contribution in [3.05, 3.63) is 44.5 Å². The number of rotatable bonds is 5. The van der Waals surface area contributed by atoms with Crippen LogP contribution < -0.4 is 5.32 Å². The monoisotopic (exact) mass is 319 g/mol.